The van der Waals surface area contributed by atoms with E-state index in [1.165, 1.54) is 0 Å². The standard InChI is InChI=1S/C13H18N2O2/c1-3-11(9-15)17-13-10(8-14)6-5-7-12(13)16-4-2/h5-7,11H,3-4,8,14H2,1-2H3. The monoisotopic (exact) mass is 234 g/mol. The molecule has 4 heteroatoms. The molecule has 0 fully saturated rings. The highest BCUT2D eigenvalue weighted by atomic mass is 16.5. The first-order chi connectivity index (χ1) is 8.26. The van der Waals surface area contributed by atoms with Crippen LogP contribution in [0.5, 0.6) is 11.5 Å². The Morgan fingerprint density at radius 2 is 2.18 bits per heavy atom. The van der Waals surface area contributed by atoms with Crippen LogP contribution in [0.4, 0.5) is 0 Å². The van der Waals surface area contributed by atoms with Crippen LogP contribution in [0.25, 0.3) is 0 Å². The number of nitriles is 1. The van der Waals surface area contributed by atoms with Gasteiger partial charge in [0.15, 0.2) is 17.6 Å². The Balaban J connectivity index is 3.04. The first-order valence-electron chi connectivity index (χ1n) is 5.77. The molecule has 1 atom stereocenters. The quantitative estimate of drug-likeness (QED) is 0.819. The molecule has 0 aromatic heterocycles. The molecule has 1 unspecified atom stereocenters. The van der Waals surface area contributed by atoms with Crippen LogP contribution < -0.4 is 15.2 Å². The molecule has 0 spiro atoms. The summed E-state index contributed by atoms with van der Waals surface area (Å²) in [5, 5.41) is 8.92. The summed E-state index contributed by atoms with van der Waals surface area (Å²) in [4.78, 5) is 0. The third-order valence-corrected chi connectivity index (χ3v) is 2.36. The van der Waals surface area contributed by atoms with Crippen molar-refractivity contribution in [2.75, 3.05) is 6.61 Å². The molecule has 0 heterocycles. The highest BCUT2D eigenvalue weighted by molar-refractivity contribution is 5.47. The van der Waals surface area contributed by atoms with E-state index in [4.69, 9.17) is 20.5 Å². The number of hydrogen-bond donors (Lipinski definition) is 1. The average Bonchev–Trinajstić information content (AvgIpc) is 2.37. The maximum absolute atomic E-state index is 8.92. The van der Waals surface area contributed by atoms with E-state index >= 15 is 0 Å². The molecule has 0 bridgehead atoms. The second kappa shape index (κ2) is 6.77. The Morgan fingerprint density at radius 3 is 2.71 bits per heavy atom. The molecule has 0 aliphatic heterocycles. The lowest BCUT2D eigenvalue weighted by Gasteiger charge is -2.17. The molecule has 4 nitrogen and oxygen atoms in total. The van der Waals surface area contributed by atoms with Crippen LogP contribution >= 0.6 is 0 Å². The van der Waals surface area contributed by atoms with E-state index in [2.05, 4.69) is 6.07 Å². The average molecular weight is 234 g/mol. The fourth-order valence-corrected chi connectivity index (χ4v) is 1.47. The minimum atomic E-state index is -0.470. The molecule has 0 saturated heterocycles. The van der Waals surface area contributed by atoms with Gasteiger partial charge in [0.1, 0.15) is 6.07 Å². The molecule has 1 rings (SSSR count). The minimum Gasteiger partial charge on any atom is -0.490 e. The number of nitrogens with two attached hydrogens (primary N) is 1. The van der Waals surface area contributed by atoms with Crippen molar-refractivity contribution in [3.8, 4) is 17.6 Å². The van der Waals surface area contributed by atoms with Crippen LogP contribution in [0.3, 0.4) is 0 Å². The Labute approximate surface area is 102 Å². The molecular formula is C13H18N2O2. The van der Waals surface area contributed by atoms with E-state index in [1.54, 1.807) is 0 Å². The first kappa shape index (κ1) is 13.3. The molecule has 0 aliphatic rings. The van der Waals surface area contributed by atoms with Gasteiger partial charge in [0.2, 0.25) is 0 Å². The number of rotatable bonds is 6. The van der Waals surface area contributed by atoms with Crippen molar-refractivity contribution in [2.45, 2.75) is 32.9 Å². The van der Waals surface area contributed by atoms with E-state index in [0.29, 0.717) is 31.1 Å². The summed E-state index contributed by atoms with van der Waals surface area (Å²) < 4.78 is 11.1. The van der Waals surface area contributed by atoms with Crippen molar-refractivity contribution in [3.05, 3.63) is 23.8 Å². The number of para-hydroxylation sites is 1. The van der Waals surface area contributed by atoms with Gasteiger partial charge in [0.05, 0.1) is 6.61 Å². The fourth-order valence-electron chi connectivity index (χ4n) is 1.47. The maximum Gasteiger partial charge on any atom is 0.184 e. The lowest BCUT2D eigenvalue weighted by atomic mass is 10.2. The van der Waals surface area contributed by atoms with Gasteiger partial charge < -0.3 is 15.2 Å². The van der Waals surface area contributed by atoms with Crippen molar-refractivity contribution in [3.63, 3.8) is 0 Å². The summed E-state index contributed by atoms with van der Waals surface area (Å²) in [6.07, 6.45) is 0.156. The zero-order chi connectivity index (χ0) is 12.7. The minimum absolute atomic E-state index is 0.359. The predicted octanol–water partition coefficient (Wildman–Crippen LogP) is 2.22. The van der Waals surface area contributed by atoms with Crippen LogP contribution in [0, 0.1) is 11.3 Å². The normalized spacial score (nSPS) is 11.6. The Hall–Kier alpha value is -1.73. The van der Waals surface area contributed by atoms with E-state index in [1.807, 2.05) is 32.0 Å². The van der Waals surface area contributed by atoms with E-state index in [9.17, 15) is 0 Å². The molecule has 0 saturated carbocycles. The molecule has 0 amide bonds. The number of hydrogen-bond acceptors (Lipinski definition) is 4. The van der Waals surface area contributed by atoms with Crippen LogP contribution in [-0.4, -0.2) is 12.7 Å². The van der Waals surface area contributed by atoms with Crippen molar-refractivity contribution >= 4 is 0 Å². The topological polar surface area (TPSA) is 68.3 Å². The van der Waals surface area contributed by atoms with Gasteiger partial charge in [0, 0.05) is 12.1 Å². The van der Waals surface area contributed by atoms with Crippen LogP contribution in [0.15, 0.2) is 18.2 Å². The fraction of sp³-hybridized carbons (Fsp3) is 0.462. The molecule has 2 N–H and O–H groups in total. The number of nitrogens with zero attached hydrogens (tertiary/aromatic N) is 1. The zero-order valence-corrected chi connectivity index (χ0v) is 10.3. The van der Waals surface area contributed by atoms with Crippen molar-refractivity contribution in [1.82, 2.24) is 0 Å². The zero-order valence-electron chi connectivity index (χ0n) is 10.3. The van der Waals surface area contributed by atoms with Gasteiger partial charge in [-0.3, -0.25) is 0 Å². The van der Waals surface area contributed by atoms with Crippen LogP contribution in [0.2, 0.25) is 0 Å². The third kappa shape index (κ3) is 3.36. The second-order valence-electron chi connectivity index (χ2n) is 3.53. The molecule has 0 radical (unpaired) electrons. The van der Waals surface area contributed by atoms with E-state index in [-0.39, 0.29) is 0 Å². The van der Waals surface area contributed by atoms with E-state index in [0.717, 1.165) is 5.56 Å². The smallest absolute Gasteiger partial charge is 0.184 e. The third-order valence-electron chi connectivity index (χ3n) is 2.36. The largest absolute Gasteiger partial charge is 0.490 e. The second-order valence-corrected chi connectivity index (χ2v) is 3.53. The molecular weight excluding hydrogens is 216 g/mol. The molecule has 0 aliphatic carbocycles. The van der Waals surface area contributed by atoms with Gasteiger partial charge in [-0.25, -0.2) is 0 Å². The molecule has 17 heavy (non-hydrogen) atoms. The van der Waals surface area contributed by atoms with Crippen molar-refractivity contribution in [1.29, 1.82) is 5.26 Å². The predicted molar refractivity (Wildman–Crippen MR) is 65.8 cm³/mol. The maximum atomic E-state index is 8.92. The van der Waals surface area contributed by atoms with Gasteiger partial charge in [-0.15, -0.1) is 0 Å². The molecule has 1 aromatic carbocycles. The van der Waals surface area contributed by atoms with Gasteiger partial charge in [-0.1, -0.05) is 19.1 Å². The van der Waals surface area contributed by atoms with Crippen molar-refractivity contribution in [2.24, 2.45) is 5.73 Å². The van der Waals surface area contributed by atoms with Crippen LogP contribution in [-0.2, 0) is 6.54 Å². The summed E-state index contributed by atoms with van der Waals surface area (Å²) in [5.74, 6) is 1.23. The van der Waals surface area contributed by atoms with Crippen LogP contribution in [0.1, 0.15) is 25.8 Å². The number of benzene rings is 1. The van der Waals surface area contributed by atoms with E-state index < -0.39 is 6.10 Å². The molecule has 92 valence electrons. The highest BCUT2D eigenvalue weighted by Crippen LogP contribution is 2.32. The lowest BCUT2D eigenvalue weighted by Crippen LogP contribution is -2.15. The van der Waals surface area contributed by atoms with Gasteiger partial charge >= 0.3 is 0 Å². The van der Waals surface area contributed by atoms with Gasteiger partial charge in [-0.05, 0) is 19.4 Å². The Morgan fingerprint density at radius 1 is 1.41 bits per heavy atom. The van der Waals surface area contributed by atoms with Gasteiger partial charge in [-0.2, -0.15) is 5.26 Å². The summed E-state index contributed by atoms with van der Waals surface area (Å²) in [6, 6.07) is 7.67. The lowest BCUT2D eigenvalue weighted by molar-refractivity contribution is 0.229. The summed E-state index contributed by atoms with van der Waals surface area (Å²) in [6.45, 7) is 4.71. The van der Waals surface area contributed by atoms with Crippen molar-refractivity contribution < 1.29 is 9.47 Å². The number of ether oxygens (including phenoxy) is 2. The Bertz CT molecular complexity index is 399. The molecule has 1 aromatic rings. The summed E-state index contributed by atoms with van der Waals surface area (Å²) in [5.41, 5.74) is 6.51. The first-order valence-corrected chi connectivity index (χ1v) is 5.77. The summed E-state index contributed by atoms with van der Waals surface area (Å²) in [7, 11) is 0. The van der Waals surface area contributed by atoms with Gasteiger partial charge in [0.25, 0.3) is 0 Å². The highest BCUT2D eigenvalue weighted by Gasteiger charge is 2.14. The summed E-state index contributed by atoms with van der Waals surface area (Å²) >= 11 is 0. The SMILES string of the molecule is CCOc1cccc(CN)c1OC(C#N)CC. The Kier molecular flexibility index (Phi) is 5.31.